The van der Waals surface area contributed by atoms with E-state index < -0.39 is 0 Å². The lowest BCUT2D eigenvalue weighted by Crippen LogP contribution is -2.37. The summed E-state index contributed by atoms with van der Waals surface area (Å²) in [5.74, 6) is 1.66. The van der Waals surface area contributed by atoms with Crippen LogP contribution in [0.5, 0.6) is 0 Å². The number of rotatable bonds is 5. The van der Waals surface area contributed by atoms with Gasteiger partial charge in [-0.25, -0.2) is 0 Å². The predicted molar refractivity (Wildman–Crippen MR) is 112 cm³/mol. The molecule has 0 atom stereocenters. The van der Waals surface area contributed by atoms with Gasteiger partial charge in [0, 0.05) is 24.5 Å². The standard InChI is InChI=1S/C21H24N6O/c1-15-8-9-18(14-16(15)2)23-20-24-19(22-17-6-4-3-5-7-17)25-21(26-20)27-10-12-28-13-11-27/h3-9,14H,10-13H2,1-2H3,(H2,22,23,24,25,26). The fourth-order valence-corrected chi connectivity index (χ4v) is 2.98. The molecule has 1 aromatic heterocycles. The van der Waals surface area contributed by atoms with Crippen molar-refractivity contribution in [1.29, 1.82) is 0 Å². The summed E-state index contributed by atoms with van der Waals surface area (Å²) in [6, 6.07) is 16.1. The first-order valence-corrected chi connectivity index (χ1v) is 9.42. The van der Waals surface area contributed by atoms with Crippen LogP contribution in [0.1, 0.15) is 11.1 Å². The zero-order chi connectivity index (χ0) is 19.3. The summed E-state index contributed by atoms with van der Waals surface area (Å²) in [7, 11) is 0. The van der Waals surface area contributed by atoms with E-state index in [1.54, 1.807) is 0 Å². The van der Waals surface area contributed by atoms with Crippen LogP contribution < -0.4 is 15.5 Å². The Morgan fingerprint density at radius 1 is 0.786 bits per heavy atom. The van der Waals surface area contributed by atoms with Crippen molar-refractivity contribution in [1.82, 2.24) is 15.0 Å². The molecule has 144 valence electrons. The third-order valence-electron chi connectivity index (χ3n) is 4.71. The van der Waals surface area contributed by atoms with E-state index in [2.05, 4.69) is 56.5 Å². The smallest absolute Gasteiger partial charge is 0.233 e. The fraction of sp³-hybridized carbons (Fsp3) is 0.286. The Labute approximate surface area is 164 Å². The van der Waals surface area contributed by atoms with Gasteiger partial charge in [0.2, 0.25) is 17.8 Å². The van der Waals surface area contributed by atoms with Crippen LogP contribution in [0.25, 0.3) is 0 Å². The van der Waals surface area contributed by atoms with Gasteiger partial charge in [-0.15, -0.1) is 0 Å². The highest BCUT2D eigenvalue weighted by atomic mass is 16.5. The summed E-state index contributed by atoms with van der Waals surface area (Å²) in [6.07, 6.45) is 0. The second-order valence-electron chi connectivity index (χ2n) is 6.80. The first-order chi connectivity index (χ1) is 13.7. The van der Waals surface area contributed by atoms with Crippen molar-refractivity contribution >= 4 is 29.2 Å². The lowest BCUT2D eigenvalue weighted by molar-refractivity contribution is 0.122. The van der Waals surface area contributed by atoms with E-state index in [0.29, 0.717) is 31.1 Å². The van der Waals surface area contributed by atoms with Crippen molar-refractivity contribution in [3.05, 3.63) is 59.7 Å². The molecule has 0 unspecified atom stereocenters. The van der Waals surface area contributed by atoms with Crippen LogP contribution in [0, 0.1) is 13.8 Å². The maximum Gasteiger partial charge on any atom is 0.233 e. The molecule has 7 heteroatoms. The average molecular weight is 376 g/mol. The molecule has 2 heterocycles. The predicted octanol–water partition coefficient (Wildman–Crippen LogP) is 3.81. The minimum Gasteiger partial charge on any atom is -0.378 e. The first kappa shape index (κ1) is 18.2. The largest absolute Gasteiger partial charge is 0.378 e. The van der Waals surface area contributed by atoms with Gasteiger partial charge in [0.05, 0.1) is 13.2 Å². The molecule has 7 nitrogen and oxygen atoms in total. The summed E-state index contributed by atoms with van der Waals surface area (Å²) in [5, 5.41) is 6.59. The molecule has 0 bridgehead atoms. The summed E-state index contributed by atoms with van der Waals surface area (Å²) in [4.78, 5) is 16.0. The Morgan fingerprint density at radius 2 is 1.46 bits per heavy atom. The highest BCUT2D eigenvalue weighted by molar-refractivity contribution is 5.60. The van der Waals surface area contributed by atoms with E-state index >= 15 is 0 Å². The number of aromatic nitrogens is 3. The molecular weight excluding hydrogens is 352 g/mol. The topological polar surface area (TPSA) is 75.2 Å². The lowest BCUT2D eigenvalue weighted by Gasteiger charge is -2.27. The number of nitrogens with one attached hydrogen (secondary N) is 2. The van der Waals surface area contributed by atoms with Crippen LogP contribution in [0.15, 0.2) is 48.5 Å². The van der Waals surface area contributed by atoms with Gasteiger partial charge in [-0.1, -0.05) is 24.3 Å². The summed E-state index contributed by atoms with van der Waals surface area (Å²) in [5.41, 5.74) is 4.35. The molecule has 0 amide bonds. The van der Waals surface area contributed by atoms with Crippen molar-refractivity contribution in [3.63, 3.8) is 0 Å². The zero-order valence-electron chi connectivity index (χ0n) is 16.1. The molecule has 0 aliphatic carbocycles. The highest BCUT2D eigenvalue weighted by Gasteiger charge is 2.17. The molecular formula is C21H24N6O. The van der Waals surface area contributed by atoms with Gasteiger partial charge in [0.25, 0.3) is 0 Å². The Balaban J connectivity index is 1.65. The van der Waals surface area contributed by atoms with Crippen LogP contribution in [-0.4, -0.2) is 41.3 Å². The SMILES string of the molecule is Cc1ccc(Nc2nc(Nc3ccccc3)nc(N3CCOCC3)n2)cc1C. The third-order valence-corrected chi connectivity index (χ3v) is 4.71. The van der Waals surface area contributed by atoms with E-state index in [4.69, 9.17) is 4.74 Å². The fourth-order valence-electron chi connectivity index (χ4n) is 2.98. The van der Waals surface area contributed by atoms with Gasteiger partial charge in [0.1, 0.15) is 0 Å². The Hall–Kier alpha value is -3.19. The van der Waals surface area contributed by atoms with E-state index in [1.165, 1.54) is 11.1 Å². The Kier molecular flexibility index (Phi) is 5.34. The van der Waals surface area contributed by atoms with Crippen molar-refractivity contribution in [2.24, 2.45) is 0 Å². The molecule has 28 heavy (non-hydrogen) atoms. The van der Waals surface area contributed by atoms with Gasteiger partial charge in [-0.3, -0.25) is 0 Å². The van der Waals surface area contributed by atoms with Gasteiger partial charge in [0.15, 0.2) is 0 Å². The number of hydrogen-bond donors (Lipinski definition) is 2. The lowest BCUT2D eigenvalue weighted by atomic mass is 10.1. The average Bonchev–Trinajstić information content (AvgIpc) is 2.72. The quantitative estimate of drug-likeness (QED) is 0.701. The number of aryl methyl sites for hydroxylation is 2. The number of ether oxygens (including phenoxy) is 1. The molecule has 1 saturated heterocycles. The normalized spacial score (nSPS) is 14.0. The summed E-state index contributed by atoms with van der Waals surface area (Å²) < 4.78 is 5.45. The zero-order valence-corrected chi connectivity index (χ0v) is 16.1. The van der Waals surface area contributed by atoms with E-state index in [-0.39, 0.29) is 0 Å². The number of hydrogen-bond acceptors (Lipinski definition) is 7. The van der Waals surface area contributed by atoms with Crippen molar-refractivity contribution < 1.29 is 4.74 Å². The number of morpholine rings is 1. The summed E-state index contributed by atoms with van der Waals surface area (Å²) in [6.45, 7) is 7.06. The van der Waals surface area contributed by atoms with Crippen molar-refractivity contribution in [3.8, 4) is 0 Å². The Bertz CT molecular complexity index is 941. The Morgan fingerprint density at radius 3 is 2.14 bits per heavy atom. The minimum absolute atomic E-state index is 0.508. The minimum atomic E-state index is 0.508. The first-order valence-electron chi connectivity index (χ1n) is 9.42. The van der Waals surface area contributed by atoms with Gasteiger partial charge in [-0.2, -0.15) is 15.0 Å². The molecule has 0 spiro atoms. The summed E-state index contributed by atoms with van der Waals surface area (Å²) >= 11 is 0. The number of nitrogens with zero attached hydrogens (tertiary/aromatic N) is 4. The maximum atomic E-state index is 5.45. The molecule has 1 aliphatic heterocycles. The second kappa shape index (κ2) is 8.22. The van der Waals surface area contributed by atoms with E-state index in [1.807, 2.05) is 36.4 Å². The molecule has 3 aromatic rings. The van der Waals surface area contributed by atoms with Crippen molar-refractivity contribution in [2.75, 3.05) is 41.8 Å². The molecule has 1 fully saturated rings. The van der Waals surface area contributed by atoms with Crippen LogP contribution in [0.2, 0.25) is 0 Å². The molecule has 1 aliphatic rings. The molecule has 0 saturated carbocycles. The van der Waals surface area contributed by atoms with Crippen LogP contribution in [0.4, 0.5) is 29.2 Å². The van der Waals surface area contributed by atoms with Crippen LogP contribution in [-0.2, 0) is 4.74 Å². The highest BCUT2D eigenvalue weighted by Crippen LogP contribution is 2.22. The second-order valence-corrected chi connectivity index (χ2v) is 6.80. The third kappa shape index (κ3) is 4.37. The number of benzene rings is 2. The van der Waals surface area contributed by atoms with Gasteiger partial charge >= 0.3 is 0 Å². The molecule has 0 radical (unpaired) electrons. The van der Waals surface area contributed by atoms with E-state index in [9.17, 15) is 0 Å². The van der Waals surface area contributed by atoms with Crippen LogP contribution in [0.3, 0.4) is 0 Å². The van der Waals surface area contributed by atoms with Gasteiger partial charge in [-0.05, 0) is 49.2 Å². The molecule has 2 N–H and O–H groups in total. The monoisotopic (exact) mass is 376 g/mol. The van der Waals surface area contributed by atoms with Gasteiger partial charge < -0.3 is 20.3 Å². The molecule has 2 aromatic carbocycles. The molecule has 4 rings (SSSR count). The van der Waals surface area contributed by atoms with Crippen molar-refractivity contribution in [2.45, 2.75) is 13.8 Å². The number of para-hydroxylation sites is 1. The van der Waals surface area contributed by atoms with E-state index in [0.717, 1.165) is 24.5 Å². The van der Waals surface area contributed by atoms with Crippen LogP contribution >= 0.6 is 0 Å². The number of anilines is 5. The maximum absolute atomic E-state index is 5.45.